The minimum absolute atomic E-state index is 0.305. The van der Waals surface area contributed by atoms with Crippen molar-refractivity contribution in [3.63, 3.8) is 0 Å². The Kier molecular flexibility index (Phi) is 2.65. The Morgan fingerprint density at radius 1 is 1.62 bits per heavy atom. The largest absolute Gasteiger partial charge is 0.464 e. The molecule has 0 saturated heterocycles. The highest BCUT2D eigenvalue weighted by molar-refractivity contribution is 5.77. The third kappa shape index (κ3) is 1.85. The molecule has 0 fully saturated rings. The average Bonchev–Trinajstić information content (AvgIpc) is 2.56. The summed E-state index contributed by atoms with van der Waals surface area (Å²) in [6.07, 6.45) is 2.89. The molecule has 1 rings (SSSR count). The van der Waals surface area contributed by atoms with Crippen molar-refractivity contribution < 1.29 is 9.53 Å². The molecule has 0 aliphatic rings. The summed E-state index contributed by atoms with van der Waals surface area (Å²) in [7, 11) is 0. The number of rotatable bonds is 3. The fourth-order valence-corrected chi connectivity index (χ4v) is 0.898. The summed E-state index contributed by atoms with van der Waals surface area (Å²) in [5.74, 6) is -0.305. The zero-order valence-corrected chi connectivity index (χ0v) is 8.02. The van der Waals surface area contributed by atoms with Crippen LogP contribution >= 0.6 is 0 Å². The third-order valence-corrected chi connectivity index (χ3v) is 1.77. The Hall–Kier alpha value is -1.39. The molecule has 0 aliphatic carbocycles. The Balaban J connectivity index is 2.82. The van der Waals surface area contributed by atoms with Gasteiger partial charge in [0, 0.05) is 0 Å². The maximum atomic E-state index is 11.5. The van der Waals surface area contributed by atoms with Gasteiger partial charge in [-0.25, -0.2) is 14.5 Å². The number of hydrogen-bond acceptors (Lipinski definition) is 4. The lowest BCUT2D eigenvalue weighted by Crippen LogP contribution is -2.37. The second-order valence-corrected chi connectivity index (χ2v) is 3.12. The molecule has 0 aromatic carbocycles. The second kappa shape index (κ2) is 3.55. The van der Waals surface area contributed by atoms with Gasteiger partial charge in [0.25, 0.3) is 0 Å². The summed E-state index contributed by atoms with van der Waals surface area (Å²) >= 11 is 0. The van der Waals surface area contributed by atoms with Crippen LogP contribution in [-0.4, -0.2) is 27.3 Å². The molecule has 1 aromatic rings. The zero-order valence-electron chi connectivity index (χ0n) is 8.02. The molecule has 1 heterocycles. The monoisotopic (exact) mass is 183 g/mol. The lowest BCUT2D eigenvalue weighted by molar-refractivity contribution is -0.152. The maximum absolute atomic E-state index is 11.5. The lowest BCUT2D eigenvalue weighted by Gasteiger charge is -2.21. The van der Waals surface area contributed by atoms with Crippen LogP contribution in [0.2, 0.25) is 0 Å². The Bertz CT molecular complexity index is 280. The highest BCUT2D eigenvalue weighted by atomic mass is 16.5. The standard InChI is InChI=1S/C8H13N3O2/c1-4-13-7(12)8(2,3)11-6-9-5-10-11/h5-6H,4H2,1-3H3. The van der Waals surface area contributed by atoms with Gasteiger partial charge in [-0.3, -0.25) is 0 Å². The van der Waals surface area contributed by atoms with Gasteiger partial charge in [0.2, 0.25) is 0 Å². The SMILES string of the molecule is CCOC(=O)C(C)(C)n1cncn1. The summed E-state index contributed by atoms with van der Waals surface area (Å²) in [5.41, 5.74) is -0.785. The molecule has 1 aromatic heterocycles. The van der Waals surface area contributed by atoms with Gasteiger partial charge >= 0.3 is 5.97 Å². The van der Waals surface area contributed by atoms with Crippen molar-refractivity contribution >= 4 is 5.97 Å². The van der Waals surface area contributed by atoms with Crippen LogP contribution in [0.1, 0.15) is 20.8 Å². The lowest BCUT2D eigenvalue weighted by atomic mass is 10.1. The molecule has 0 bridgehead atoms. The molecule has 0 spiro atoms. The molecule has 0 aliphatic heterocycles. The quantitative estimate of drug-likeness (QED) is 0.643. The van der Waals surface area contributed by atoms with Crippen molar-refractivity contribution in [1.82, 2.24) is 14.8 Å². The fraction of sp³-hybridized carbons (Fsp3) is 0.625. The summed E-state index contributed by atoms with van der Waals surface area (Å²) in [4.78, 5) is 15.2. The van der Waals surface area contributed by atoms with Crippen molar-refractivity contribution in [1.29, 1.82) is 0 Å². The average molecular weight is 183 g/mol. The molecule has 0 amide bonds. The molecule has 5 nitrogen and oxygen atoms in total. The fourth-order valence-electron chi connectivity index (χ4n) is 0.898. The molecule has 13 heavy (non-hydrogen) atoms. The number of esters is 1. The van der Waals surface area contributed by atoms with Gasteiger partial charge in [0.05, 0.1) is 6.61 Å². The van der Waals surface area contributed by atoms with Crippen LogP contribution in [0.25, 0.3) is 0 Å². The first-order valence-electron chi connectivity index (χ1n) is 4.11. The van der Waals surface area contributed by atoms with Crippen molar-refractivity contribution in [2.45, 2.75) is 26.3 Å². The van der Waals surface area contributed by atoms with Crippen LogP contribution in [0.4, 0.5) is 0 Å². The molecule has 0 radical (unpaired) electrons. The third-order valence-electron chi connectivity index (χ3n) is 1.77. The second-order valence-electron chi connectivity index (χ2n) is 3.12. The van der Waals surface area contributed by atoms with E-state index in [4.69, 9.17) is 4.74 Å². The van der Waals surface area contributed by atoms with Crippen LogP contribution in [0.5, 0.6) is 0 Å². The molecule has 0 unspecified atom stereocenters. The molecule has 0 N–H and O–H groups in total. The van der Waals surface area contributed by atoms with E-state index < -0.39 is 5.54 Å². The maximum Gasteiger partial charge on any atom is 0.333 e. The van der Waals surface area contributed by atoms with E-state index in [-0.39, 0.29) is 5.97 Å². The molecular formula is C8H13N3O2. The number of hydrogen-bond donors (Lipinski definition) is 0. The number of carbonyl (C=O) groups excluding carboxylic acids is 1. The Morgan fingerprint density at radius 2 is 2.31 bits per heavy atom. The highest BCUT2D eigenvalue weighted by Gasteiger charge is 2.31. The van der Waals surface area contributed by atoms with Gasteiger partial charge in [-0.15, -0.1) is 0 Å². The van der Waals surface area contributed by atoms with Gasteiger partial charge in [-0.1, -0.05) is 0 Å². The van der Waals surface area contributed by atoms with Gasteiger partial charge in [0.15, 0.2) is 5.54 Å². The van der Waals surface area contributed by atoms with Crippen LogP contribution < -0.4 is 0 Å². The number of nitrogens with zero attached hydrogens (tertiary/aromatic N) is 3. The van der Waals surface area contributed by atoms with E-state index in [0.29, 0.717) is 6.61 Å². The van der Waals surface area contributed by atoms with Gasteiger partial charge in [-0.2, -0.15) is 5.10 Å². The molecule has 0 atom stereocenters. The van der Waals surface area contributed by atoms with E-state index in [1.807, 2.05) is 0 Å². The Labute approximate surface area is 76.7 Å². The highest BCUT2D eigenvalue weighted by Crippen LogP contribution is 2.14. The first-order chi connectivity index (χ1) is 6.09. The smallest absolute Gasteiger partial charge is 0.333 e. The van der Waals surface area contributed by atoms with E-state index in [2.05, 4.69) is 10.1 Å². The van der Waals surface area contributed by atoms with E-state index in [1.165, 1.54) is 17.3 Å². The first kappa shape index (κ1) is 9.70. The summed E-state index contributed by atoms with van der Waals surface area (Å²) in [6, 6.07) is 0. The summed E-state index contributed by atoms with van der Waals surface area (Å²) in [5, 5.41) is 3.90. The van der Waals surface area contributed by atoms with Gasteiger partial charge in [0.1, 0.15) is 12.7 Å². The van der Waals surface area contributed by atoms with Gasteiger partial charge < -0.3 is 4.74 Å². The zero-order chi connectivity index (χ0) is 9.90. The Morgan fingerprint density at radius 3 is 2.77 bits per heavy atom. The molecule has 5 heteroatoms. The molecule has 0 saturated carbocycles. The van der Waals surface area contributed by atoms with Crippen LogP contribution in [0.3, 0.4) is 0 Å². The van der Waals surface area contributed by atoms with E-state index in [9.17, 15) is 4.79 Å². The topological polar surface area (TPSA) is 57.0 Å². The minimum atomic E-state index is -0.785. The number of ether oxygens (including phenoxy) is 1. The van der Waals surface area contributed by atoms with E-state index in [0.717, 1.165) is 0 Å². The van der Waals surface area contributed by atoms with Gasteiger partial charge in [-0.05, 0) is 20.8 Å². The van der Waals surface area contributed by atoms with Crippen LogP contribution in [-0.2, 0) is 15.1 Å². The normalized spacial score (nSPS) is 11.3. The summed E-state index contributed by atoms with van der Waals surface area (Å²) in [6.45, 7) is 5.62. The van der Waals surface area contributed by atoms with Crippen molar-refractivity contribution in [3.05, 3.63) is 12.7 Å². The number of carbonyl (C=O) groups is 1. The van der Waals surface area contributed by atoms with E-state index >= 15 is 0 Å². The molecular weight excluding hydrogens is 170 g/mol. The van der Waals surface area contributed by atoms with E-state index in [1.54, 1.807) is 20.8 Å². The summed E-state index contributed by atoms with van der Waals surface area (Å²) < 4.78 is 6.38. The van der Waals surface area contributed by atoms with Crippen molar-refractivity contribution in [2.75, 3.05) is 6.61 Å². The van der Waals surface area contributed by atoms with Crippen LogP contribution in [0.15, 0.2) is 12.7 Å². The number of aromatic nitrogens is 3. The van der Waals surface area contributed by atoms with Crippen LogP contribution in [0, 0.1) is 0 Å². The molecule has 72 valence electrons. The predicted octanol–water partition coefficient (Wildman–Crippen LogP) is 0.576. The minimum Gasteiger partial charge on any atom is -0.464 e. The predicted molar refractivity (Wildman–Crippen MR) is 46.0 cm³/mol. The van der Waals surface area contributed by atoms with Crippen molar-refractivity contribution in [3.8, 4) is 0 Å². The van der Waals surface area contributed by atoms with Crippen molar-refractivity contribution in [2.24, 2.45) is 0 Å². The first-order valence-corrected chi connectivity index (χ1v) is 4.11.